The first kappa shape index (κ1) is 18.9. The van der Waals surface area contributed by atoms with Crippen molar-refractivity contribution < 1.29 is 4.79 Å². The number of aromatic amines is 1. The van der Waals surface area contributed by atoms with Crippen LogP contribution >= 0.6 is 0 Å². The van der Waals surface area contributed by atoms with Crippen LogP contribution in [0.1, 0.15) is 55.2 Å². The number of carbonyl (C=O) groups excluding carboxylic acids is 1. The van der Waals surface area contributed by atoms with Crippen molar-refractivity contribution in [1.82, 2.24) is 30.4 Å². The molecule has 8 nitrogen and oxygen atoms in total. The molecule has 4 rings (SSSR count). The minimum absolute atomic E-state index is 0.0136. The number of anilines is 2. The minimum atomic E-state index is 0.0136. The second-order valence-electron chi connectivity index (χ2n) is 7.89. The fourth-order valence-electron chi connectivity index (χ4n) is 4.16. The molecule has 2 aromatic heterocycles. The van der Waals surface area contributed by atoms with E-state index in [-0.39, 0.29) is 11.9 Å². The number of amides is 1. The lowest BCUT2D eigenvalue weighted by molar-refractivity contribution is -0.135. The van der Waals surface area contributed by atoms with Crippen LogP contribution in [-0.2, 0) is 4.79 Å². The highest BCUT2D eigenvalue weighted by Gasteiger charge is 2.30. The molecule has 2 aliphatic heterocycles. The number of rotatable bonds is 4. The largest absolute Gasteiger partial charge is 0.341 e. The van der Waals surface area contributed by atoms with E-state index in [1.807, 2.05) is 30.9 Å². The normalized spacial score (nSPS) is 20.9. The van der Waals surface area contributed by atoms with Crippen LogP contribution in [0.5, 0.6) is 0 Å². The Balaban J connectivity index is 1.39. The molecule has 150 valence electrons. The lowest BCUT2D eigenvalue weighted by atomic mass is 9.92. The van der Waals surface area contributed by atoms with Crippen molar-refractivity contribution in [2.24, 2.45) is 0 Å². The van der Waals surface area contributed by atoms with Gasteiger partial charge in [0.2, 0.25) is 5.91 Å². The first-order chi connectivity index (χ1) is 13.6. The number of carbonyl (C=O) groups is 1. The van der Waals surface area contributed by atoms with Crippen LogP contribution in [0.25, 0.3) is 0 Å². The second-order valence-corrected chi connectivity index (χ2v) is 7.89. The first-order valence-electron chi connectivity index (χ1n) is 10.3. The molecule has 0 radical (unpaired) electrons. The van der Waals surface area contributed by atoms with Crippen LogP contribution in [0.15, 0.2) is 12.1 Å². The molecule has 3 N–H and O–H groups in total. The Hall–Kier alpha value is -2.48. The van der Waals surface area contributed by atoms with Crippen LogP contribution < -0.4 is 10.6 Å². The molecule has 2 fully saturated rings. The number of nitrogens with one attached hydrogen (secondary N) is 3. The van der Waals surface area contributed by atoms with Gasteiger partial charge in [-0.3, -0.25) is 9.89 Å². The number of aromatic nitrogens is 4. The highest BCUT2D eigenvalue weighted by molar-refractivity contribution is 5.82. The molecule has 2 aliphatic rings. The molecule has 0 spiro atoms. The van der Waals surface area contributed by atoms with E-state index in [2.05, 4.69) is 30.8 Å². The lowest BCUT2D eigenvalue weighted by Gasteiger charge is -2.35. The predicted octanol–water partition coefficient (Wildman–Crippen LogP) is 2.41. The topological polar surface area (TPSA) is 98.8 Å². The van der Waals surface area contributed by atoms with Gasteiger partial charge in [0.1, 0.15) is 11.6 Å². The Morgan fingerprint density at radius 1 is 1.11 bits per heavy atom. The van der Waals surface area contributed by atoms with Gasteiger partial charge in [0.25, 0.3) is 0 Å². The average Bonchev–Trinajstić information content (AvgIpc) is 3.12. The van der Waals surface area contributed by atoms with E-state index in [0.29, 0.717) is 5.92 Å². The third-order valence-corrected chi connectivity index (χ3v) is 5.65. The van der Waals surface area contributed by atoms with Crippen molar-refractivity contribution in [3.05, 3.63) is 29.3 Å². The van der Waals surface area contributed by atoms with E-state index >= 15 is 0 Å². The van der Waals surface area contributed by atoms with Gasteiger partial charge in [-0.25, -0.2) is 9.97 Å². The molecule has 0 aliphatic carbocycles. The summed E-state index contributed by atoms with van der Waals surface area (Å²) in [5, 5.41) is 13.8. The zero-order chi connectivity index (χ0) is 19.5. The van der Waals surface area contributed by atoms with Crippen molar-refractivity contribution in [3.63, 3.8) is 0 Å². The number of likely N-dealkylation sites (tertiary alicyclic amines) is 1. The molecular weight excluding hydrogens is 354 g/mol. The van der Waals surface area contributed by atoms with Crippen molar-refractivity contribution in [2.75, 3.05) is 25.0 Å². The molecule has 0 unspecified atom stereocenters. The summed E-state index contributed by atoms with van der Waals surface area (Å²) in [6.07, 6.45) is 5.16. The maximum absolute atomic E-state index is 12.7. The van der Waals surface area contributed by atoms with Crippen LogP contribution in [0.2, 0.25) is 0 Å². The number of H-pyrrole nitrogens is 1. The Morgan fingerprint density at radius 3 is 2.61 bits per heavy atom. The fourth-order valence-corrected chi connectivity index (χ4v) is 4.16. The molecule has 28 heavy (non-hydrogen) atoms. The summed E-state index contributed by atoms with van der Waals surface area (Å²) < 4.78 is 0. The minimum Gasteiger partial charge on any atom is -0.341 e. The molecule has 2 saturated heterocycles. The number of piperidine rings is 2. The maximum Gasteiger partial charge on any atom is 0.239 e. The van der Waals surface area contributed by atoms with Crippen molar-refractivity contribution in [1.29, 1.82) is 0 Å². The second kappa shape index (κ2) is 8.26. The van der Waals surface area contributed by atoms with Crippen LogP contribution in [0, 0.1) is 13.8 Å². The van der Waals surface area contributed by atoms with Gasteiger partial charge in [-0.05, 0) is 46.1 Å². The Morgan fingerprint density at radius 2 is 1.93 bits per heavy atom. The molecule has 4 heterocycles. The number of aryl methyl sites for hydroxylation is 2. The summed E-state index contributed by atoms with van der Waals surface area (Å²) >= 11 is 0. The molecule has 0 aromatic carbocycles. The van der Waals surface area contributed by atoms with E-state index in [9.17, 15) is 4.79 Å². The van der Waals surface area contributed by atoms with Gasteiger partial charge >= 0.3 is 0 Å². The summed E-state index contributed by atoms with van der Waals surface area (Å²) in [5.74, 6) is 2.89. The number of hydrogen-bond donors (Lipinski definition) is 3. The van der Waals surface area contributed by atoms with Gasteiger partial charge < -0.3 is 15.5 Å². The van der Waals surface area contributed by atoms with Gasteiger partial charge in [-0.15, -0.1) is 0 Å². The van der Waals surface area contributed by atoms with Crippen LogP contribution in [0.3, 0.4) is 0 Å². The molecule has 0 saturated carbocycles. The van der Waals surface area contributed by atoms with Crippen LogP contribution in [0.4, 0.5) is 11.6 Å². The van der Waals surface area contributed by atoms with Gasteiger partial charge in [0.15, 0.2) is 5.82 Å². The molecule has 1 amide bonds. The van der Waals surface area contributed by atoms with E-state index in [1.54, 1.807) is 0 Å². The fraction of sp³-hybridized carbons (Fsp3) is 0.600. The Bertz CT molecular complexity index is 820. The summed E-state index contributed by atoms with van der Waals surface area (Å²) in [4.78, 5) is 23.9. The summed E-state index contributed by atoms with van der Waals surface area (Å²) in [6, 6.07) is 3.97. The SMILES string of the molecule is Cc1nc(Nc2cc(C)[nH]n2)cc(C2CCN(C(=O)[C@H]3CCCCN3)CC2)n1. The highest BCUT2D eigenvalue weighted by Crippen LogP contribution is 2.29. The Kier molecular flexibility index (Phi) is 5.57. The van der Waals surface area contributed by atoms with Crippen LogP contribution in [-0.4, -0.2) is 56.6 Å². The predicted molar refractivity (Wildman–Crippen MR) is 108 cm³/mol. The lowest BCUT2D eigenvalue weighted by Crippen LogP contribution is -2.50. The van der Waals surface area contributed by atoms with E-state index < -0.39 is 0 Å². The van der Waals surface area contributed by atoms with E-state index in [1.165, 1.54) is 6.42 Å². The summed E-state index contributed by atoms with van der Waals surface area (Å²) in [5.41, 5.74) is 2.04. The first-order valence-corrected chi connectivity index (χ1v) is 10.3. The molecular formula is C20H29N7O. The molecule has 2 aromatic rings. The van der Waals surface area contributed by atoms with Crippen molar-refractivity contribution >= 4 is 17.5 Å². The van der Waals surface area contributed by atoms with Gasteiger partial charge in [0.05, 0.1) is 6.04 Å². The summed E-state index contributed by atoms with van der Waals surface area (Å²) in [6.45, 7) is 6.43. The van der Waals surface area contributed by atoms with Gasteiger partial charge in [-0.2, -0.15) is 5.10 Å². The quantitative estimate of drug-likeness (QED) is 0.750. The zero-order valence-corrected chi connectivity index (χ0v) is 16.7. The highest BCUT2D eigenvalue weighted by atomic mass is 16.2. The average molecular weight is 384 g/mol. The third kappa shape index (κ3) is 4.32. The monoisotopic (exact) mass is 383 g/mol. The van der Waals surface area contributed by atoms with E-state index in [0.717, 1.165) is 74.2 Å². The maximum atomic E-state index is 12.7. The Labute approximate surface area is 165 Å². The van der Waals surface area contributed by atoms with E-state index in [4.69, 9.17) is 0 Å². The molecule has 1 atom stereocenters. The molecule has 0 bridgehead atoms. The smallest absolute Gasteiger partial charge is 0.239 e. The molecule has 8 heteroatoms. The van der Waals surface area contributed by atoms with Crippen molar-refractivity contribution in [3.8, 4) is 0 Å². The van der Waals surface area contributed by atoms with Gasteiger partial charge in [0, 0.05) is 42.5 Å². The number of hydrogen-bond acceptors (Lipinski definition) is 6. The number of nitrogens with zero attached hydrogens (tertiary/aromatic N) is 4. The van der Waals surface area contributed by atoms with Crippen molar-refractivity contribution in [2.45, 2.75) is 57.9 Å². The standard InChI is InChI=1S/C20H29N7O/c1-13-11-19(26-25-13)24-18-12-17(22-14(2)23-18)15-6-9-27(10-7-15)20(28)16-5-3-4-8-21-16/h11-12,15-16,21H,3-10H2,1-2H3,(H2,22,23,24,25,26)/t16-/m1/s1. The summed E-state index contributed by atoms with van der Waals surface area (Å²) in [7, 11) is 0. The van der Waals surface area contributed by atoms with Gasteiger partial charge in [-0.1, -0.05) is 6.42 Å². The third-order valence-electron chi connectivity index (χ3n) is 5.65. The zero-order valence-electron chi connectivity index (χ0n) is 16.7.